The molecule has 1 aromatic heterocycles. The minimum absolute atomic E-state index is 0.541. The highest BCUT2D eigenvalue weighted by atomic mass is 16.3. The summed E-state index contributed by atoms with van der Waals surface area (Å²) in [7, 11) is 0. The molecule has 1 atom stereocenters. The van der Waals surface area contributed by atoms with E-state index in [0.717, 1.165) is 17.7 Å². The smallest absolute Gasteiger partial charge is 0.134 e. The Kier molecular flexibility index (Phi) is 3.86. The Morgan fingerprint density at radius 3 is 2.58 bits per heavy atom. The van der Waals surface area contributed by atoms with Gasteiger partial charge in [-0.15, -0.1) is 0 Å². The number of hydrogen-bond donors (Lipinski definition) is 0. The Bertz CT molecular complexity index is 868. The molecule has 2 aromatic carbocycles. The van der Waals surface area contributed by atoms with E-state index in [1.807, 2.05) is 12.3 Å². The molecule has 24 heavy (non-hydrogen) atoms. The lowest BCUT2D eigenvalue weighted by molar-refractivity contribution is 0.578. The van der Waals surface area contributed by atoms with E-state index in [1.165, 1.54) is 22.3 Å². The van der Waals surface area contributed by atoms with Crippen molar-refractivity contribution in [3.05, 3.63) is 89.2 Å². The third-order valence-electron chi connectivity index (χ3n) is 4.84. The first kappa shape index (κ1) is 15.0. The molecule has 0 bridgehead atoms. The van der Waals surface area contributed by atoms with E-state index < -0.39 is 0 Å². The average molecular weight is 314 g/mol. The normalized spacial score (nSPS) is 15.9. The molecule has 1 nitrogen and oxygen atoms in total. The second-order valence-corrected chi connectivity index (χ2v) is 6.95. The number of benzene rings is 2. The second kappa shape index (κ2) is 6.16. The van der Waals surface area contributed by atoms with Crippen LogP contribution in [0, 0.1) is 5.92 Å². The highest BCUT2D eigenvalue weighted by molar-refractivity contribution is 5.70. The predicted molar refractivity (Wildman–Crippen MR) is 100 cm³/mol. The zero-order chi connectivity index (χ0) is 16.5. The maximum Gasteiger partial charge on any atom is 0.134 e. The Balaban J connectivity index is 1.58. The van der Waals surface area contributed by atoms with Crippen molar-refractivity contribution in [3.63, 3.8) is 0 Å². The largest absolute Gasteiger partial charge is 0.464 e. The van der Waals surface area contributed by atoms with E-state index in [1.54, 1.807) is 0 Å². The van der Waals surface area contributed by atoms with Crippen molar-refractivity contribution in [3.8, 4) is 11.3 Å². The van der Waals surface area contributed by atoms with Crippen molar-refractivity contribution in [1.29, 1.82) is 0 Å². The Labute approximate surface area is 143 Å². The second-order valence-electron chi connectivity index (χ2n) is 6.95. The van der Waals surface area contributed by atoms with Crippen LogP contribution < -0.4 is 0 Å². The summed E-state index contributed by atoms with van der Waals surface area (Å²) in [6.07, 6.45) is 7.35. The molecule has 3 aromatic rings. The van der Waals surface area contributed by atoms with Gasteiger partial charge in [-0.05, 0) is 40.3 Å². The van der Waals surface area contributed by atoms with Gasteiger partial charge in [0.2, 0.25) is 0 Å². The van der Waals surface area contributed by atoms with Gasteiger partial charge in [0.25, 0.3) is 0 Å². The van der Waals surface area contributed by atoms with Crippen molar-refractivity contribution in [2.24, 2.45) is 5.92 Å². The number of hydrogen-bond acceptors (Lipinski definition) is 1. The lowest BCUT2D eigenvalue weighted by atomic mass is 9.89. The van der Waals surface area contributed by atoms with Crippen LogP contribution in [0.5, 0.6) is 0 Å². The van der Waals surface area contributed by atoms with Crippen LogP contribution in [0.15, 0.2) is 71.4 Å². The molecule has 1 unspecified atom stereocenters. The minimum atomic E-state index is 0.541. The fourth-order valence-corrected chi connectivity index (χ4v) is 3.52. The van der Waals surface area contributed by atoms with Crippen LogP contribution >= 0.6 is 0 Å². The first-order chi connectivity index (χ1) is 11.7. The van der Waals surface area contributed by atoms with Gasteiger partial charge in [0.05, 0.1) is 6.26 Å². The fourth-order valence-electron chi connectivity index (χ4n) is 3.52. The third kappa shape index (κ3) is 2.82. The summed E-state index contributed by atoms with van der Waals surface area (Å²) in [5.41, 5.74) is 6.44. The summed E-state index contributed by atoms with van der Waals surface area (Å²) in [5.74, 6) is 2.12. The molecule has 0 N–H and O–H groups in total. The van der Waals surface area contributed by atoms with E-state index >= 15 is 0 Å². The lowest BCUT2D eigenvalue weighted by Gasteiger charge is -2.15. The molecule has 4 rings (SSSR count). The maximum absolute atomic E-state index is 5.83. The average Bonchev–Trinajstić information content (AvgIpc) is 3.22. The van der Waals surface area contributed by atoms with Gasteiger partial charge in [-0.1, -0.05) is 68.5 Å². The van der Waals surface area contributed by atoms with Crippen molar-refractivity contribution in [2.45, 2.75) is 26.2 Å². The summed E-state index contributed by atoms with van der Waals surface area (Å²) in [6.45, 7) is 4.56. The van der Waals surface area contributed by atoms with Gasteiger partial charge in [-0.3, -0.25) is 0 Å². The van der Waals surface area contributed by atoms with Crippen LogP contribution in [0.4, 0.5) is 0 Å². The van der Waals surface area contributed by atoms with Crippen LogP contribution in [0.2, 0.25) is 0 Å². The zero-order valence-corrected chi connectivity index (χ0v) is 14.2. The van der Waals surface area contributed by atoms with E-state index in [2.05, 4.69) is 74.5 Å². The predicted octanol–water partition coefficient (Wildman–Crippen LogP) is 6.30. The molecular formula is C23H22O. The monoisotopic (exact) mass is 314 g/mol. The van der Waals surface area contributed by atoms with Crippen molar-refractivity contribution in [1.82, 2.24) is 0 Å². The van der Waals surface area contributed by atoms with Crippen molar-refractivity contribution in [2.75, 3.05) is 0 Å². The van der Waals surface area contributed by atoms with Gasteiger partial charge >= 0.3 is 0 Å². The number of allylic oxidation sites excluding steroid dienone is 1. The number of furan rings is 1. The quantitative estimate of drug-likeness (QED) is 0.550. The first-order valence-electron chi connectivity index (χ1n) is 8.64. The van der Waals surface area contributed by atoms with Gasteiger partial charge < -0.3 is 4.42 Å². The van der Waals surface area contributed by atoms with Crippen molar-refractivity contribution < 1.29 is 4.42 Å². The molecule has 1 heteroatoms. The number of rotatable bonds is 4. The number of fused-ring (bicyclic) bond motifs is 1. The fraction of sp³-hybridized carbons (Fsp3) is 0.217. The van der Waals surface area contributed by atoms with Crippen molar-refractivity contribution >= 4 is 6.08 Å². The molecular weight excluding hydrogens is 292 g/mol. The van der Waals surface area contributed by atoms with Gasteiger partial charge in [0, 0.05) is 17.9 Å². The third-order valence-corrected chi connectivity index (χ3v) is 4.84. The SMILES string of the molecule is CC(C)C1C=Cc2cc(-c3cc(Cc4ccccc4)co3)ccc21. The molecule has 0 amide bonds. The molecule has 1 aliphatic carbocycles. The van der Waals surface area contributed by atoms with Gasteiger partial charge in [0.15, 0.2) is 0 Å². The van der Waals surface area contributed by atoms with Gasteiger partial charge in [-0.2, -0.15) is 0 Å². The Morgan fingerprint density at radius 1 is 0.958 bits per heavy atom. The summed E-state index contributed by atoms with van der Waals surface area (Å²) < 4.78 is 5.83. The van der Waals surface area contributed by atoms with E-state index in [0.29, 0.717) is 11.8 Å². The summed E-state index contributed by atoms with van der Waals surface area (Å²) in [5, 5.41) is 0. The van der Waals surface area contributed by atoms with E-state index in [-0.39, 0.29) is 0 Å². The molecule has 0 saturated carbocycles. The van der Waals surface area contributed by atoms with Gasteiger partial charge in [-0.25, -0.2) is 0 Å². The molecule has 120 valence electrons. The highest BCUT2D eigenvalue weighted by Crippen LogP contribution is 2.37. The molecule has 0 spiro atoms. The molecule has 1 heterocycles. The van der Waals surface area contributed by atoms with Crippen LogP contribution in [0.1, 0.15) is 42.0 Å². The van der Waals surface area contributed by atoms with Crippen LogP contribution in [-0.2, 0) is 6.42 Å². The molecule has 0 fully saturated rings. The summed E-state index contributed by atoms with van der Waals surface area (Å²) >= 11 is 0. The standard InChI is InChI=1S/C23H22O/c1-16(2)21-10-8-19-14-20(9-11-22(19)21)23-13-18(15-24-23)12-17-6-4-3-5-7-17/h3-11,13-16,21H,12H2,1-2H3. The molecule has 0 radical (unpaired) electrons. The molecule has 1 aliphatic rings. The van der Waals surface area contributed by atoms with Crippen LogP contribution in [0.25, 0.3) is 17.4 Å². The van der Waals surface area contributed by atoms with E-state index in [9.17, 15) is 0 Å². The summed E-state index contributed by atoms with van der Waals surface area (Å²) in [4.78, 5) is 0. The van der Waals surface area contributed by atoms with E-state index in [4.69, 9.17) is 4.42 Å². The molecule has 0 saturated heterocycles. The maximum atomic E-state index is 5.83. The summed E-state index contributed by atoms with van der Waals surface area (Å²) in [6, 6.07) is 19.4. The zero-order valence-electron chi connectivity index (χ0n) is 14.2. The minimum Gasteiger partial charge on any atom is -0.464 e. The van der Waals surface area contributed by atoms with Gasteiger partial charge in [0.1, 0.15) is 5.76 Å². The van der Waals surface area contributed by atoms with Crippen LogP contribution in [-0.4, -0.2) is 0 Å². The van der Waals surface area contributed by atoms with Crippen LogP contribution in [0.3, 0.4) is 0 Å². The lowest BCUT2D eigenvalue weighted by Crippen LogP contribution is -2.01. The Morgan fingerprint density at radius 2 is 1.79 bits per heavy atom. The Hall–Kier alpha value is -2.54. The topological polar surface area (TPSA) is 13.1 Å². The molecule has 0 aliphatic heterocycles. The first-order valence-corrected chi connectivity index (χ1v) is 8.64. The highest BCUT2D eigenvalue weighted by Gasteiger charge is 2.20.